The van der Waals surface area contributed by atoms with Crippen molar-refractivity contribution in [2.24, 2.45) is 5.92 Å². The molecule has 0 radical (unpaired) electrons. The maximum atomic E-state index is 12.7. The lowest BCUT2D eigenvalue weighted by Crippen LogP contribution is -2.34. The van der Waals surface area contributed by atoms with Gasteiger partial charge in [0.1, 0.15) is 0 Å². The van der Waals surface area contributed by atoms with Crippen molar-refractivity contribution < 1.29 is 13.2 Å². The number of anilines is 1. The van der Waals surface area contributed by atoms with Crippen molar-refractivity contribution >= 4 is 21.6 Å². The number of rotatable bonds is 2. The first-order chi connectivity index (χ1) is 8.84. The molecule has 2 unspecified atom stereocenters. The van der Waals surface area contributed by atoms with E-state index in [0.29, 0.717) is 6.42 Å². The predicted octanol–water partition coefficient (Wildman–Crippen LogP) is 5.29. The molecular weight excluding hydrogens is 319 g/mol. The molecule has 1 aromatic carbocycles. The fourth-order valence-corrected chi connectivity index (χ4v) is 3.28. The van der Waals surface area contributed by atoms with Gasteiger partial charge in [-0.25, -0.2) is 0 Å². The molecule has 5 heteroatoms. The van der Waals surface area contributed by atoms with Crippen LogP contribution in [0.5, 0.6) is 0 Å². The Labute approximate surface area is 119 Å². The highest BCUT2D eigenvalue weighted by Gasteiger charge is 2.42. The van der Waals surface area contributed by atoms with Crippen molar-refractivity contribution in [2.75, 3.05) is 5.32 Å². The van der Waals surface area contributed by atoms with Crippen LogP contribution in [0.1, 0.15) is 31.2 Å². The van der Waals surface area contributed by atoms with E-state index in [-0.39, 0.29) is 18.9 Å². The molecule has 0 aliphatic heterocycles. The van der Waals surface area contributed by atoms with Crippen LogP contribution in [0.4, 0.5) is 18.9 Å². The van der Waals surface area contributed by atoms with Gasteiger partial charge in [-0.2, -0.15) is 13.2 Å². The largest absolute Gasteiger partial charge is 0.391 e. The highest BCUT2D eigenvalue weighted by atomic mass is 79.9. The maximum Gasteiger partial charge on any atom is 0.391 e. The number of halogens is 4. The van der Waals surface area contributed by atoms with Gasteiger partial charge in [0.05, 0.1) is 5.92 Å². The molecule has 106 valence electrons. The second-order valence-electron chi connectivity index (χ2n) is 5.26. The fourth-order valence-electron chi connectivity index (χ4n) is 2.67. The molecule has 0 aromatic heterocycles. The highest BCUT2D eigenvalue weighted by molar-refractivity contribution is 9.10. The quantitative estimate of drug-likeness (QED) is 0.774. The standard InChI is InChI=1S/C14H17BrF3N/c1-9-5-11(15)8-13(6-9)19-12-4-2-3-10(7-12)14(16,17)18/h5-6,8,10,12,19H,2-4,7H2,1H3. The number of alkyl halides is 3. The summed E-state index contributed by atoms with van der Waals surface area (Å²) in [6, 6.07) is 5.76. The molecule has 1 N–H and O–H groups in total. The topological polar surface area (TPSA) is 12.0 Å². The number of nitrogens with one attached hydrogen (secondary N) is 1. The molecule has 1 aromatic rings. The number of aryl methyl sites for hydroxylation is 1. The Morgan fingerprint density at radius 2 is 1.95 bits per heavy atom. The molecule has 0 heterocycles. The van der Waals surface area contributed by atoms with Crippen LogP contribution < -0.4 is 5.32 Å². The minimum Gasteiger partial charge on any atom is -0.382 e. The molecule has 1 fully saturated rings. The first-order valence-electron chi connectivity index (χ1n) is 6.45. The Bertz CT molecular complexity index is 425. The van der Waals surface area contributed by atoms with Gasteiger partial charge in [0.25, 0.3) is 0 Å². The van der Waals surface area contributed by atoms with Crippen molar-refractivity contribution in [1.29, 1.82) is 0 Å². The Morgan fingerprint density at radius 3 is 2.58 bits per heavy atom. The molecular formula is C14H17BrF3N. The average molecular weight is 336 g/mol. The third-order valence-electron chi connectivity index (χ3n) is 3.55. The lowest BCUT2D eigenvalue weighted by molar-refractivity contribution is -0.182. The van der Waals surface area contributed by atoms with Gasteiger partial charge in [0, 0.05) is 16.2 Å². The van der Waals surface area contributed by atoms with Crippen LogP contribution in [-0.2, 0) is 0 Å². The van der Waals surface area contributed by atoms with Crippen molar-refractivity contribution in [3.63, 3.8) is 0 Å². The van der Waals surface area contributed by atoms with E-state index in [9.17, 15) is 13.2 Å². The minimum atomic E-state index is -4.06. The summed E-state index contributed by atoms with van der Waals surface area (Å²) in [6.45, 7) is 1.97. The summed E-state index contributed by atoms with van der Waals surface area (Å²) in [4.78, 5) is 0. The average Bonchev–Trinajstić information content (AvgIpc) is 2.26. The second kappa shape index (κ2) is 5.73. The van der Waals surface area contributed by atoms with Crippen LogP contribution in [0.2, 0.25) is 0 Å². The Balaban J connectivity index is 2.02. The number of hydrogen-bond donors (Lipinski definition) is 1. The Hall–Kier alpha value is -0.710. The van der Waals surface area contributed by atoms with Gasteiger partial charge in [-0.05, 0) is 49.9 Å². The summed E-state index contributed by atoms with van der Waals surface area (Å²) in [5.41, 5.74) is 1.97. The smallest absolute Gasteiger partial charge is 0.382 e. The van der Waals surface area contributed by atoms with Crippen molar-refractivity contribution in [3.8, 4) is 0 Å². The van der Waals surface area contributed by atoms with Crippen LogP contribution in [0.25, 0.3) is 0 Å². The zero-order chi connectivity index (χ0) is 14.0. The van der Waals surface area contributed by atoms with Gasteiger partial charge >= 0.3 is 6.18 Å². The number of hydrogen-bond acceptors (Lipinski definition) is 1. The summed E-state index contributed by atoms with van der Waals surface area (Å²) in [5.74, 6) is -1.16. The van der Waals surface area contributed by atoms with E-state index in [1.54, 1.807) is 0 Å². The van der Waals surface area contributed by atoms with Crippen molar-refractivity contribution in [2.45, 2.75) is 44.8 Å². The van der Waals surface area contributed by atoms with E-state index >= 15 is 0 Å². The van der Waals surface area contributed by atoms with Crippen molar-refractivity contribution in [1.82, 2.24) is 0 Å². The van der Waals surface area contributed by atoms with Gasteiger partial charge in [0.2, 0.25) is 0 Å². The summed E-state index contributed by atoms with van der Waals surface area (Å²) in [5, 5.41) is 3.23. The Kier molecular flexibility index (Phi) is 4.43. The van der Waals surface area contributed by atoms with E-state index in [0.717, 1.165) is 22.1 Å². The van der Waals surface area contributed by atoms with Gasteiger partial charge < -0.3 is 5.32 Å². The summed E-state index contributed by atoms with van der Waals surface area (Å²) >= 11 is 3.40. The fraction of sp³-hybridized carbons (Fsp3) is 0.571. The lowest BCUT2D eigenvalue weighted by Gasteiger charge is -2.31. The number of benzene rings is 1. The first kappa shape index (κ1) is 14.7. The molecule has 0 bridgehead atoms. The lowest BCUT2D eigenvalue weighted by atomic mass is 9.85. The third kappa shape index (κ3) is 4.13. The molecule has 2 atom stereocenters. The summed E-state index contributed by atoms with van der Waals surface area (Å²) in [6.07, 6.45) is -2.19. The van der Waals surface area contributed by atoms with Gasteiger partial charge in [0.15, 0.2) is 0 Å². The van der Waals surface area contributed by atoms with E-state index in [2.05, 4.69) is 21.2 Å². The SMILES string of the molecule is Cc1cc(Br)cc(NC2CCCC(C(F)(F)F)C2)c1. The van der Waals surface area contributed by atoms with Gasteiger partial charge in [-0.3, -0.25) is 0 Å². The highest BCUT2D eigenvalue weighted by Crippen LogP contribution is 2.38. The molecule has 0 amide bonds. The molecule has 19 heavy (non-hydrogen) atoms. The molecule has 0 spiro atoms. The van der Waals surface area contributed by atoms with Crippen LogP contribution in [0, 0.1) is 12.8 Å². The van der Waals surface area contributed by atoms with Crippen LogP contribution in [-0.4, -0.2) is 12.2 Å². The normalized spacial score (nSPS) is 24.3. The van der Waals surface area contributed by atoms with Gasteiger partial charge in [-0.15, -0.1) is 0 Å². The predicted molar refractivity (Wildman–Crippen MR) is 74.3 cm³/mol. The molecule has 1 saturated carbocycles. The summed E-state index contributed by atoms with van der Waals surface area (Å²) in [7, 11) is 0. The third-order valence-corrected chi connectivity index (χ3v) is 4.01. The first-order valence-corrected chi connectivity index (χ1v) is 7.24. The van der Waals surface area contributed by atoms with Crippen LogP contribution in [0.3, 0.4) is 0 Å². The maximum absolute atomic E-state index is 12.7. The molecule has 1 aliphatic rings. The molecule has 2 rings (SSSR count). The van der Waals surface area contributed by atoms with E-state index in [1.165, 1.54) is 0 Å². The monoisotopic (exact) mass is 335 g/mol. The van der Waals surface area contributed by atoms with E-state index < -0.39 is 12.1 Å². The van der Waals surface area contributed by atoms with Crippen LogP contribution >= 0.6 is 15.9 Å². The zero-order valence-corrected chi connectivity index (χ0v) is 12.3. The zero-order valence-electron chi connectivity index (χ0n) is 10.7. The van der Waals surface area contributed by atoms with Gasteiger partial charge in [-0.1, -0.05) is 22.4 Å². The second-order valence-corrected chi connectivity index (χ2v) is 6.18. The molecule has 1 aliphatic carbocycles. The molecule has 0 saturated heterocycles. The van der Waals surface area contributed by atoms with Crippen molar-refractivity contribution in [3.05, 3.63) is 28.2 Å². The summed E-state index contributed by atoms with van der Waals surface area (Å²) < 4.78 is 39.2. The van der Waals surface area contributed by atoms with E-state index in [1.807, 2.05) is 25.1 Å². The van der Waals surface area contributed by atoms with Crippen LogP contribution in [0.15, 0.2) is 22.7 Å². The molecule has 1 nitrogen and oxygen atoms in total. The minimum absolute atomic E-state index is 0.0888. The Morgan fingerprint density at radius 1 is 1.21 bits per heavy atom. The van der Waals surface area contributed by atoms with E-state index in [4.69, 9.17) is 0 Å².